The first kappa shape index (κ1) is 23.3. The van der Waals surface area contributed by atoms with Crippen LogP contribution in [0, 0.1) is 5.92 Å². The third kappa shape index (κ3) is 7.91. The van der Waals surface area contributed by atoms with Crippen molar-refractivity contribution in [2.45, 2.75) is 57.7 Å². The zero-order valence-corrected chi connectivity index (χ0v) is 16.0. The molecule has 0 radical (unpaired) electrons. The molecule has 0 spiro atoms. The summed E-state index contributed by atoms with van der Waals surface area (Å²) in [6.45, 7) is 3.75. The minimum absolute atomic E-state index is 0.226. The fourth-order valence-electron chi connectivity index (χ4n) is 2.75. The second kappa shape index (κ2) is 11.2. The first-order chi connectivity index (χ1) is 13.1. The zero-order chi connectivity index (χ0) is 21.3. The number of carbonyl (C=O) groups is 5. The Hall–Kier alpha value is -2.69. The summed E-state index contributed by atoms with van der Waals surface area (Å²) in [5.41, 5.74) is 0. The smallest absolute Gasteiger partial charge is 0.326 e. The van der Waals surface area contributed by atoms with Crippen molar-refractivity contribution in [3.8, 4) is 0 Å². The van der Waals surface area contributed by atoms with Gasteiger partial charge in [-0.2, -0.15) is 0 Å². The molecule has 11 heteroatoms. The predicted octanol–water partition coefficient (Wildman–Crippen LogP) is -1.57. The molecule has 3 atom stereocenters. The molecule has 0 aromatic carbocycles. The lowest BCUT2D eigenvalue weighted by atomic mass is 10.0. The van der Waals surface area contributed by atoms with Gasteiger partial charge in [0.05, 0.1) is 12.6 Å². The summed E-state index contributed by atoms with van der Waals surface area (Å²) in [7, 11) is 0. The van der Waals surface area contributed by atoms with Crippen LogP contribution >= 0.6 is 0 Å². The van der Waals surface area contributed by atoms with Crippen LogP contribution in [0.15, 0.2) is 0 Å². The van der Waals surface area contributed by atoms with E-state index in [1.807, 2.05) is 0 Å². The van der Waals surface area contributed by atoms with Crippen molar-refractivity contribution in [1.82, 2.24) is 21.3 Å². The maximum Gasteiger partial charge on any atom is 0.326 e. The summed E-state index contributed by atoms with van der Waals surface area (Å²) >= 11 is 0. The van der Waals surface area contributed by atoms with E-state index in [1.165, 1.54) is 0 Å². The lowest BCUT2D eigenvalue weighted by Gasteiger charge is -2.23. The van der Waals surface area contributed by atoms with E-state index in [0.717, 1.165) is 13.0 Å². The number of rotatable bonds is 11. The van der Waals surface area contributed by atoms with E-state index in [4.69, 9.17) is 10.2 Å². The lowest BCUT2D eigenvalue weighted by molar-refractivity contribution is -0.143. The summed E-state index contributed by atoms with van der Waals surface area (Å²) in [4.78, 5) is 58.1. The molecule has 3 amide bonds. The number of hydrogen-bond donors (Lipinski definition) is 6. The third-order valence-electron chi connectivity index (χ3n) is 4.33. The highest BCUT2D eigenvalue weighted by Crippen LogP contribution is 2.08. The van der Waals surface area contributed by atoms with Gasteiger partial charge in [0.25, 0.3) is 0 Å². The SMILES string of the molecule is CC(C)C(NC(=O)C1CCCN1)C(=O)NCC(=O)NC(CCC(=O)O)C(=O)O. The van der Waals surface area contributed by atoms with Gasteiger partial charge in [-0.1, -0.05) is 13.8 Å². The predicted molar refractivity (Wildman–Crippen MR) is 97.2 cm³/mol. The van der Waals surface area contributed by atoms with E-state index >= 15 is 0 Å². The van der Waals surface area contributed by atoms with Gasteiger partial charge in [-0.3, -0.25) is 19.2 Å². The molecule has 1 aliphatic rings. The van der Waals surface area contributed by atoms with E-state index < -0.39 is 48.8 Å². The number of hydrogen-bond acceptors (Lipinski definition) is 6. The Balaban J connectivity index is 2.53. The topological polar surface area (TPSA) is 174 Å². The van der Waals surface area contributed by atoms with Gasteiger partial charge in [0.1, 0.15) is 12.1 Å². The summed E-state index contributed by atoms with van der Waals surface area (Å²) in [6, 6.07) is -2.55. The molecule has 0 aromatic heterocycles. The van der Waals surface area contributed by atoms with Crippen molar-refractivity contribution in [1.29, 1.82) is 0 Å². The molecule has 1 fully saturated rings. The fourth-order valence-corrected chi connectivity index (χ4v) is 2.75. The Kier molecular flexibility index (Phi) is 9.36. The Morgan fingerprint density at radius 3 is 2.29 bits per heavy atom. The van der Waals surface area contributed by atoms with Crippen LogP contribution in [-0.2, 0) is 24.0 Å². The molecule has 1 heterocycles. The Morgan fingerprint density at radius 1 is 1.11 bits per heavy atom. The van der Waals surface area contributed by atoms with Crippen molar-refractivity contribution in [3.63, 3.8) is 0 Å². The van der Waals surface area contributed by atoms with Crippen LogP contribution in [0.5, 0.6) is 0 Å². The van der Waals surface area contributed by atoms with Crippen molar-refractivity contribution in [2.75, 3.05) is 13.1 Å². The second-order valence-electron chi connectivity index (χ2n) is 6.99. The third-order valence-corrected chi connectivity index (χ3v) is 4.33. The standard InChI is InChI=1S/C17H28N4O7/c1-9(2)14(21-15(25)10-4-3-7-18-10)16(26)19-8-12(22)20-11(17(27)28)5-6-13(23)24/h9-11,14,18H,3-8H2,1-2H3,(H,19,26)(H,20,22)(H,21,25)(H,23,24)(H,27,28). The molecule has 11 nitrogen and oxygen atoms in total. The molecular formula is C17H28N4O7. The Labute approximate surface area is 162 Å². The zero-order valence-electron chi connectivity index (χ0n) is 16.0. The number of carbonyl (C=O) groups excluding carboxylic acids is 3. The molecular weight excluding hydrogens is 372 g/mol. The summed E-state index contributed by atoms with van der Waals surface area (Å²) < 4.78 is 0. The Morgan fingerprint density at radius 2 is 1.79 bits per heavy atom. The van der Waals surface area contributed by atoms with Gasteiger partial charge in [-0.15, -0.1) is 0 Å². The molecule has 1 saturated heterocycles. The van der Waals surface area contributed by atoms with E-state index in [0.29, 0.717) is 6.42 Å². The summed E-state index contributed by atoms with van der Waals surface area (Å²) in [5.74, 6) is -4.38. The minimum Gasteiger partial charge on any atom is -0.481 e. The highest BCUT2D eigenvalue weighted by Gasteiger charge is 2.29. The van der Waals surface area contributed by atoms with Crippen molar-refractivity contribution < 1.29 is 34.2 Å². The molecule has 0 aromatic rings. The molecule has 28 heavy (non-hydrogen) atoms. The normalized spacial score (nSPS) is 18.2. The van der Waals surface area contributed by atoms with E-state index in [1.54, 1.807) is 13.8 Å². The average molecular weight is 400 g/mol. The molecule has 0 bridgehead atoms. The van der Waals surface area contributed by atoms with Gasteiger partial charge >= 0.3 is 11.9 Å². The van der Waals surface area contributed by atoms with Crippen LogP contribution < -0.4 is 21.3 Å². The van der Waals surface area contributed by atoms with Gasteiger partial charge in [0, 0.05) is 6.42 Å². The first-order valence-corrected chi connectivity index (χ1v) is 9.17. The minimum atomic E-state index is -1.37. The van der Waals surface area contributed by atoms with E-state index in [2.05, 4.69) is 21.3 Å². The molecule has 158 valence electrons. The Bertz CT molecular complexity index is 602. The van der Waals surface area contributed by atoms with Crippen molar-refractivity contribution in [2.24, 2.45) is 5.92 Å². The highest BCUT2D eigenvalue weighted by atomic mass is 16.4. The number of carboxylic acid groups (broad SMARTS) is 2. The van der Waals surface area contributed by atoms with Crippen molar-refractivity contribution in [3.05, 3.63) is 0 Å². The van der Waals surface area contributed by atoms with Crippen LogP contribution in [0.4, 0.5) is 0 Å². The fraction of sp³-hybridized carbons (Fsp3) is 0.706. The number of nitrogens with one attached hydrogen (secondary N) is 4. The van der Waals surface area contributed by atoms with Crippen LogP contribution in [0.25, 0.3) is 0 Å². The van der Waals surface area contributed by atoms with Gasteiger partial charge in [0.2, 0.25) is 17.7 Å². The molecule has 0 aliphatic carbocycles. The lowest BCUT2D eigenvalue weighted by Crippen LogP contribution is -2.55. The van der Waals surface area contributed by atoms with Crippen LogP contribution in [-0.4, -0.2) is 71.1 Å². The number of amides is 3. The summed E-state index contributed by atoms with van der Waals surface area (Å²) in [5, 5.41) is 27.9. The highest BCUT2D eigenvalue weighted by molar-refractivity contribution is 5.92. The largest absolute Gasteiger partial charge is 0.481 e. The monoisotopic (exact) mass is 400 g/mol. The molecule has 1 rings (SSSR count). The molecule has 6 N–H and O–H groups in total. The molecule has 3 unspecified atom stereocenters. The van der Waals surface area contributed by atoms with Crippen LogP contribution in [0.2, 0.25) is 0 Å². The second-order valence-corrected chi connectivity index (χ2v) is 6.99. The van der Waals surface area contributed by atoms with E-state index in [-0.39, 0.29) is 24.3 Å². The van der Waals surface area contributed by atoms with Gasteiger partial charge in [-0.05, 0) is 31.7 Å². The van der Waals surface area contributed by atoms with Crippen LogP contribution in [0.1, 0.15) is 39.5 Å². The number of carboxylic acids is 2. The maximum atomic E-state index is 12.4. The number of aliphatic carboxylic acids is 2. The van der Waals surface area contributed by atoms with Gasteiger partial charge in [0.15, 0.2) is 0 Å². The quantitative estimate of drug-likeness (QED) is 0.241. The molecule has 1 aliphatic heterocycles. The summed E-state index contributed by atoms with van der Waals surface area (Å²) in [6.07, 6.45) is 0.876. The average Bonchev–Trinajstić information content (AvgIpc) is 3.15. The molecule has 0 saturated carbocycles. The van der Waals surface area contributed by atoms with Gasteiger partial charge in [-0.25, -0.2) is 4.79 Å². The first-order valence-electron chi connectivity index (χ1n) is 9.17. The maximum absolute atomic E-state index is 12.4. The van der Waals surface area contributed by atoms with Crippen LogP contribution in [0.3, 0.4) is 0 Å². The van der Waals surface area contributed by atoms with Crippen molar-refractivity contribution >= 4 is 29.7 Å². The van der Waals surface area contributed by atoms with E-state index in [9.17, 15) is 24.0 Å². The van der Waals surface area contributed by atoms with Gasteiger partial charge < -0.3 is 31.5 Å².